The average molecular weight is 451 g/mol. The summed E-state index contributed by atoms with van der Waals surface area (Å²) in [6.45, 7) is 2.49. The average Bonchev–Trinajstić information content (AvgIpc) is 3.17. The van der Waals surface area contributed by atoms with Crippen LogP contribution in [-0.4, -0.2) is 11.7 Å². The van der Waals surface area contributed by atoms with Gasteiger partial charge in [-0.25, -0.2) is 11.6 Å². The molecule has 0 aliphatic heterocycles. The predicted octanol–water partition coefficient (Wildman–Crippen LogP) is -1.32. The molecule has 4 heteroatoms. The summed E-state index contributed by atoms with van der Waals surface area (Å²) in [6, 6.07) is 18.2. The van der Waals surface area contributed by atoms with E-state index in [0.717, 1.165) is 18.4 Å². The molecule has 0 saturated heterocycles. The first-order chi connectivity index (χ1) is 10.8. The number of benzene rings is 2. The van der Waals surface area contributed by atoms with Crippen molar-refractivity contribution in [1.29, 1.82) is 0 Å². The first-order valence-corrected chi connectivity index (χ1v) is 7.78. The van der Waals surface area contributed by atoms with Crippen molar-refractivity contribution >= 4 is 0 Å². The van der Waals surface area contributed by atoms with Crippen molar-refractivity contribution in [2.24, 2.45) is 0 Å². The van der Waals surface area contributed by atoms with E-state index in [1.165, 1.54) is 22.3 Å². The number of halogens is 2. The predicted molar refractivity (Wildman–Crippen MR) is 90.4 cm³/mol. The normalized spacial score (nSPS) is 15.3. The molecule has 0 saturated carbocycles. The maximum absolute atomic E-state index is 8.43. The quantitative estimate of drug-likeness (QED) is 0.564. The molecule has 0 bridgehead atoms. The van der Waals surface area contributed by atoms with Gasteiger partial charge in [-0.05, 0) is 17.9 Å². The van der Waals surface area contributed by atoms with Gasteiger partial charge in [0.1, 0.15) is 0 Å². The fourth-order valence-electron chi connectivity index (χ4n) is 3.06. The Kier molecular flexibility index (Phi) is 11.6. The molecule has 1 unspecified atom stereocenters. The zero-order valence-corrected chi connectivity index (χ0v) is 18.1. The Bertz CT molecular complexity index is 680. The zero-order valence-electron chi connectivity index (χ0n) is 14.1. The molecule has 0 amide bonds. The largest absolute Gasteiger partial charge is 4.00 e. The Labute approximate surface area is 182 Å². The van der Waals surface area contributed by atoms with E-state index in [1.54, 1.807) is 0 Å². The molecule has 0 aromatic heterocycles. The third kappa shape index (κ3) is 5.66. The van der Waals surface area contributed by atoms with Crippen LogP contribution in [0.15, 0.2) is 60.2 Å². The molecule has 0 spiro atoms. The van der Waals surface area contributed by atoms with E-state index in [9.17, 15) is 0 Å². The van der Waals surface area contributed by atoms with Gasteiger partial charge in [0, 0.05) is 6.61 Å². The molecule has 4 rings (SSSR count). The number of aliphatic hydroxyl groups excluding tert-OH is 1. The number of hydrogen-bond donors (Lipinski definition) is 1. The minimum atomic E-state index is 0. The van der Waals surface area contributed by atoms with E-state index >= 15 is 0 Å². The van der Waals surface area contributed by atoms with E-state index in [0.29, 0.717) is 5.92 Å². The molecule has 128 valence electrons. The molecule has 25 heavy (non-hydrogen) atoms. The van der Waals surface area contributed by atoms with Crippen LogP contribution < -0.4 is 24.8 Å². The molecule has 0 fully saturated rings. The summed E-state index contributed by atoms with van der Waals surface area (Å²) in [7, 11) is 0. The topological polar surface area (TPSA) is 20.2 Å². The van der Waals surface area contributed by atoms with Crippen molar-refractivity contribution < 1.29 is 56.1 Å². The number of allylic oxidation sites excluding steroid dienone is 3. The van der Waals surface area contributed by atoms with Gasteiger partial charge < -0.3 is 29.9 Å². The maximum atomic E-state index is 8.43. The third-order valence-corrected chi connectivity index (χ3v) is 4.19. The molecule has 1 atom stereocenters. The minimum Gasteiger partial charge on any atom is -1.00 e. The fourth-order valence-corrected chi connectivity index (χ4v) is 3.06. The SMILES string of the molecule is CC1c2[c-]cccc2-c2ccccc21.OCCC1=[C-]CC=C1.[Cl-].[Cl-].[Zr+4]. The third-order valence-electron chi connectivity index (χ3n) is 4.19. The van der Waals surface area contributed by atoms with Crippen LogP contribution in [0.25, 0.3) is 11.1 Å². The standard InChI is InChI=1S/C14H11.C7H9O.2ClH.Zr/c1-10-11-6-2-4-8-13(11)14-9-5-3-7-12(10)14;8-6-5-7-3-1-2-4-7;;;/h2-6,8-10H,1H3;1,3,8H,2,5-6H2;2*1H;/q2*-1;;;+4/p-2. The smallest absolute Gasteiger partial charge is 1.00 e. The molecule has 2 aromatic rings. The second-order valence-electron chi connectivity index (χ2n) is 5.59. The van der Waals surface area contributed by atoms with Gasteiger partial charge in [0.25, 0.3) is 0 Å². The van der Waals surface area contributed by atoms with Crippen LogP contribution >= 0.6 is 0 Å². The van der Waals surface area contributed by atoms with E-state index in [1.807, 2.05) is 18.2 Å². The van der Waals surface area contributed by atoms with E-state index in [-0.39, 0.29) is 57.6 Å². The van der Waals surface area contributed by atoms with Crippen LogP contribution in [0.2, 0.25) is 0 Å². The number of aliphatic hydroxyl groups is 1. The molecule has 0 radical (unpaired) electrons. The number of fused-ring (bicyclic) bond motifs is 3. The summed E-state index contributed by atoms with van der Waals surface area (Å²) < 4.78 is 0. The van der Waals surface area contributed by atoms with E-state index < -0.39 is 0 Å². The Morgan fingerprint density at radius 1 is 1.08 bits per heavy atom. The van der Waals surface area contributed by atoms with Crippen LogP contribution in [0.4, 0.5) is 0 Å². The van der Waals surface area contributed by atoms with Crippen LogP contribution in [0, 0.1) is 12.1 Å². The summed E-state index contributed by atoms with van der Waals surface area (Å²) in [5, 5.41) is 8.43. The summed E-state index contributed by atoms with van der Waals surface area (Å²) in [5.41, 5.74) is 6.66. The first-order valence-electron chi connectivity index (χ1n) is 7.78. The second kappa shape index (κ2) is 11.9. The van der Waals surface area contributed by atoms with Crippen molar-refractivity contribution in [1.82, 2.24) is 0 Å². The molecule has 2 aromatic carbocycles. The first kappa shape index (κ1) is 24.3. The van der Waals surface area contributed by atoms with E-state index in [4.69, 9.17) is 5.11 Å². The van der Waals surface area contributed by atoms with Crippen molar-refractivity contribution in [3.05, 3.63) is 83.5 Å². The summed E-state index contributed by atoms with van der Waals surface area (Å²) in [6.07, 6.45) is 8.85. The van der Waals surface area contributed by atoms with Gasteiger partial charge in [-0.2, -0.15) is 30.3 Å². The van der Waals surface area contributed by atoms with Gasteiger partial charge in [0.15, 0.2) is 0 Å². The van der Waals surface area contributed by atoms with Gasteiger partial charge >= 0.3 is 26.2 Å². The number of hydrogen-bond acceptors (Lipinski definition) is 1. The molecule has 1 nitrogen and oxygen atoms in total. The van der Waals surface area contributed by atoms with Crippen LogP contribution in [-0.2, 0) is 26.2 Å². The van der Waals surface area contributed by atoms with Crippen LogP contribution in [0.5, 0.6) is 0 Å². The van der Waals surface area contributed by atoms with Gasteiger partial charge in [-0.3, -0.25) is 6.08 Å². The molecule has 2 aliphatic rings. The van der Waals surface area contributed by atoms with E-state index in [2.05, 4.69) is 55.5 Å². The number of rotatable bonds is 2. The van der Waals surface area contributed by atoms with Gasteiger partial charge in [-0.15, -0.1) is 17.5 Å². The van der Waals surface area contributed by atoms with Gasteiger partial charge in [0.05, 0.1) is 0 Å². The Morgan fingerprint density at radius 2 is 1.80 bits per heavy atom. The summed E-state index contributed by atoms with van der Waals surface area (Å²) >= 11 is 0. The second-order valence-corrected chi connectivity index (χ2v) is 5.59. The molecule has 2 aliphatic carbocycles. The fraction of sp³-hybridized carbons (Fsp3) is 0.238. The summed E-state index contributed by atoms with van der Waals surface area (Å²) in [5.74, 6) is 0.502. The molecule has 0 heterocycles. The van der Waals surface area contributed by atoms with Crippen molar-refractivity contribution in [2.45, 2.75) is 25.7 Å². The monoisotopic (exact) mass is 448 g/mol. The van der Waals surface area contributed by atoms with Gasteiger partial charge in [-0.1, -0.05) is 36.8 Å². The maximum Gasteiger partial charge on any atom is 4.00 e. The van der Waals surface area contributed by atoms with Crippen molar-refractivity contribution in [3.63, 3.8) is 0 Å². The molecular weight excluding hydrogens is 430 g/mol. The van der Waals surface area contributed by atoms with Crippen LogP contribution in [0.1, 0.15) is 36.8 Å². The zero-order chi connectivity index (χ0) is 15.4. The minimum absolute atomic E-state index is 0. The summed E-state index contributed by atoms with van der Waals surface area (Å²) in [4.78, 5) is 0. The Balaban J connectivity index is 0.000000462. The van der Waals surface area contributed by atoms with Crippen LogP contribution in [0.3, 0.4) is 0 Å². The molecular formula is C21H20Cl2OZr. The molecule has 1 N–H and O–H groups in total. The van der Waals surface area contributed by atoms with Crippen molar-refractivity contribution in [3.8, 4) is 11.1 Å². The Hall–Kier alpha value is -0.657. The van der Waals surface area contributed by atoms with Crippen molar-refractivity contribution in [2.75, 3.05) is 6.61 Å². The van der Waals surface area contributed by atoms with Gasteiger partial charge in [0.2, 0.25) is 0 Å². The Morgan fingerprint density at radius 3 is 2.48 bits per heavy atom.